The van der Waals surface area contributed by atoms with Crippen molar-refractivity contribution in [2.75, 3.05) is 11.9 Å². The predicted octanol–water partition coefficient (Wildman–Crippen LogP) is 3.81. The number of nitrogens with one attached hydrogen (secondary N) is 1. The van der Waals surface area contributed by atoms with Gasteiger partial charge < -0.3 is 5.32 Å². The smallest absolute Gasteiger partial charge is 0.0381 e. The van der Waals surface area contributed by atoms with Crippen molar-refractivity contribution in [2.45, 2.75) is 18.8 Å². The van der Waals surface area contributed by atoms with Gasteiger partial charge in [-0.15, -0.1) is 0 Å². The molecule has 1 nitrogen and oxygen atoms in total. The molecule has 17 heavy (non-hydrogen) atoms. The molecule has 0 spiro atoms. The van der Waals surface area contributed by atoms with Gasteiger partial charge in [-0.2, -0.15) is 0 Å². The molecule has 0 radical (unpaired) electrons. The van der Waals surface area contributed by atoms with E-state index in [0.29, 0.717) is 0 Å². The highest BCUT2D eigenvalue weighted by molar-refractivity contribution is 5.60. The summed E-state index contributed by atoms with van der Waals surface area (Å²) in [6, 6.07) is 19.5. The van der Waals surface area contributed by atoms with Crippen LogP contribution in [0, 0.1) is 0 Å². The van der Waals surface area contributed by atoms with Crippen molar-refractivity contribution < 1.29 is 0 Å². The Kier molecular flexibility index (Phi) is 2.40. The average Bonchev–Trinajstić information content (AvgIpc) is 2.40. The van der Waals surface area contributed by atoms with Gasteiger partial charge in [-0.3, -0.25) is 0 Å². The Balaban J connectivity index is 2.16. The minimum Gasteiger partial charge on any atom is -0.385 e. The molecule has 1 aliphatic rings. The van der Waals surface area contributed by atoms with Crippen molar-refractivity contribution >= 4 is 5.69 Å². The van der Waals surface area contributed by atoms with Gasteiger partial charge >= 0.3 is 0 Å². The molecule has 1 unspecified atom stereocenters. The molecule has 0 aliphatic carbocycles. The molecule has 0 saturated heterocycles. The second-order valence-electron chi connectivity index (χ2n) is 4.92. The predicted molar refractivity (Wildman–Crippen MR) is 72.4 cm³/mol. The molecule has 2 aromatic carbocycles. The summed E-state index contributed by atoms with van der Waals surface area (Å²) in [7, 11) is 0. The number of para-hydroxylation sites is 1. The van der Waals surface area contributed by atoms with E-state index >= 15 is 0 Å². The average molecular weight is 223 g/mol. The van der Waals surface area contributed by atoms with Crippen LogP contribution in [0.4, 0.5) is 5.69 Å². The van der Waals surface area contributed by atoms with Crippen LogP contribution in [0.2, 0.25) is 0 Å². The summed E-state index contributed by atoms with van der Waals surface area (Å²) in [5.74, 6) is 0. The van der Waals surface area contributed by atoms with E-state index in [1.165, 1.54) is 16.8 Å². The Bertz CT molecular complexity index is 518. The lowest BCUT2D eigenvalue weighted by Gasteiger charge is -2.37. The van der Waals surface area contributed by atoms with Gasteiger partial charge in [0.05, 0.1) is 0 Å². The second kappa shape index (κ2) is 3.92. The standard InChI is InChI=1S/C16H17N/c1-16(13-7-3-2-4-8-13)11-12-17-15-10-6-5-9-14(15)16/h2-10,17H,11-12H2,1H3. The zero-order valence-corrected chi connectivity index (χ0v) is 10.1. The third-order valence-electron chi connectivity index (χ3n) is 3.87. The molecule has 0 saturated carbocycles. The van der Waals surface area contributed by atoms with Crippen LogP contribution in [-0.4, -0.2) is 6.54 Å². The summed E-state index contributed by atoms with van der Waals surface area (Å²) in [6.07, 6.45) is 1.15. The molecular weight excluding hydrogens is 206 g/mol. The molecule has 3 rings (SSSR count). The van der Waals surface area contributed by atoms with Crippen LogP contribution in [0.15, 0.2) is 54.6 Å². The van der Waals surface area contributed by atoms with E-state index in [9.17, 15) is 0 Å². The molecule has 86 valence electrons. The van der Waals surface area contributed by atoms with E-state index < -0.39 is 0 Å². The molecule has 0 amide bonds. The number of benzene rings is 2. The zero-order chi connectivity index (χ0) is 11.7. The fraction of sp³-hybridized carbons (Fsp3) is 0.250. The van der Waals surface area contributed by atoms with Crippen molar-refractivity contribution in [3.63, 3.8) is 0 Å². The van der Waals surface area contributed by atoms with Crippen molar-refractivity contribution in [3.05, 3.63) is 65.7 Å². The fourth-order valence-corrected chi connectivity index (χ4v) is 2.81. The molecule has 1 heterocycles. The lowest BCUT2D eigenvalue weighted by atomic mass is 9.71. The SMILES string of the molecule is CC1(c2ccccc2)CCNc2ccccc21. The van der Waals surface area contributed by atoms with Gasteiger partial charge in [0, 0.05) is 17.6 Å². The van der Waals surface area contributed by atoms with Crippen molar-refractivity contribution in [1.82, 2.24) is 0 Å². The van der Waals surface area contributed by atoms with E-state index in [4.69, 9.17) is 0 Å². The van der Waals surface area contributed by atoms with Crippen LogP contribution in [-0.2, 0) is 5.41 Å². The lowest BCUT2D eigenvalue weighted by Crippen LogP contribution is -2.32. The molecule has 1 N–H and O–H groups in total. The summed E-state index contributed by atoms with van der Waals surface area (Å²) < 4.78 is 0. The van der Waals surface area contributed by atoms with E-state index in [1.807, 2.05) is 0 Å². The first-order valence-electron chi connectivity index (χ1n) is 6.20. The van der Waals surface area contributed by atoms with Crippen LogP contribution in [0.25, 0.3) is 0 Å². The Labute approximate surface area is 102 Å². The quantitative estimate of drug-likeness (QED) is 0.775. The molecule has 0 fully saturated rings. The summed E-state index contributed by atoms with van der Waals surface area (Å²) >= 11 is 0. The summed E-state index contributed by atoms with van der Waals surface area (Å²) in [5.41, 5.74) is 4.25. The Morgan fingerprint density at radius 2 is 1.65 bits per heavy atom. The first kappa shape index (κ1) is 10.4. The van der Waals surface area contributed by atoms with Gasteiger partial charge in [0.15, 0.2) is 0 Å². The monoisotopic (exact) mass is 223 g/mol. The van der Waals surface area contributed by atoms with Crippen LogP contribution in [0.1, 0.15) is 24.5 Å². The van der Waals surface area contributed by atoms with E-state index in [-0.39, 0.29) is 5.41 Å². The highest BCUT2D eigenvalue weighted by Crippen LogP contribution is 2.41. The molecule has 1 heteroatoms. The number of anilines is 1. The maximum absolute atomic E-state index is 3.49. The summed E-state index contributed by atoms with van der Waals surface area (Å²) in [5, 5.41) is 3.49. The van der Waals surface area contributed by atoms with Crippen LogP contribution < -0.4 is 5.32 Å². The van der Waals surface area contributed by atoms with E-state index in [2.05, 4.69) is 66.8 Å². The van der Waals surface area contributed by atoms with Crippen molar-refractivity contribution in [3.8, 4) is 0 Å². The first-order valence-corrected chi connectivity index (χ1v) is 6.20. The highest BCUT2D eigenvalue weighted by Gasteiger charge is 2.33. The van der Waals surface area contributed by atoms with Gasteiger partial charge in [0.25, 0.3) is 0 Å². The molecule has 0 bridgehead atoms. The molecule has 1 atom stereocenters. The molecule has 2 aromatic rings. The summed E-state index contributed by atoms with van der Waals surface area (Å²) in [6.45, 7) is 3.39. The van der Waals surface area contributed by atoms with E-state index in [1.54, 1.807) is 0 Å². The highest BCUT2D eigenvalue weighted by atomic mass is 14.9. The van der Waals surface area contributed by atoms with Gasteiger partial charge in [-0.25, -0.2) is 0 Å². The molecule has 0 aromatic heterocycles. The Hall–Kier alpha value is -1.76. The largest absolute Gasteiger partial charge is 0.385 e. The van der Waals surface area contributed by atoms with Gasteiger partial charge in [0.1, 0.15) is 0 Å². The van der Waals surface area contributed by atoms with Gasteiger partial charge in [-0.1, -0.05) is 55.5 Å². The van der Waals surface area contributed by atoms with Gasteiger partial charge in [-0.05, 0) is 23.6 Å². The minimum absolute atomic E-state index is 0.142. The van der Waals surface area contributed by atoms with Crippen molar-refractivity contribution in [1.29, 1.82) is 0 Å². The maximum atomic E-state index is 3.49. The molecule has 1 aliphatic heterocycles. The molecular formula is C16H17N. The van der Waals surface area contributed by atoms with Crippen LogP contribution >= 0.6 is 0 Å². The number of hydrogen-bond acceptors (Lipinski definition) is 1. The number of hydrogen-bond donors (Lipinski definition) is 1. The Morgan fingerprint density at radius 3 is 2.47 bits per heavy atom. The third kappa shape index (κ3) is 1.62. The normalized spacial score (nSPS) is 22.6. The first-order chi connectivity index (χ1) is 8.31. The van der Waals surface area contributed by atoms with Crippen LogP contribution in [0.5, 0.6) is 0 Å². The van der Waals surface area contributed by atoms with Gasteiger partial charge in [0.2, 0.25) is 0 Å². The van der Waals surface area contributed by atoms with Crippen LogP contribution in [0.3, 0.4) is 0 Å². The fourth-order valence-electron chi connectivity index (χ4n) is 2.81. The summed E-state index contributed by atoms with van der Waals surface area (Å²) in [4.78, 5) is 0. The number of fused-ring (bicyclic) bond motifs is 1. The lowest BCUT2D eigenvalue weighted by molar-refractivity contribution is 0.522. The minimum atomic E-state index is 0.142. The number of rotatable bonds is 1. The maximum Gasteiger partial charge on any atom is 0.0381 e. The van der Waals surface area contributed by atoms with Crippen molar-refractivity contribution in [2.24, 2.45) is 0 Å². The van der Waals surface area contributed by atoms with E-state index in [0.717, 1.165) is 13.0 Å². The second-order valence-corrected chi connectivity index (χ2v) is 4.92. The Morgan fingerprint density at radius 1 is 0.941 bits per heavy atom. The zero-order valence-electron chi connectivity index (χ0n) is 10.1. The topological polar surface area (TPSA) is 12.0 Å². The third-order valence-corrected chi connectivity index (χ3v) is 3.87.